The van der Waals surface area contributed by atoms with Crippen molar-refractivity contribution in [3.05, 3.63) is 16.6 Å². The van der Waals surface area contributed by atoms with Gasteiger partial charge >= 0.3 is 0 Å². The van der Waals surface area contributed by atoms with Gasteiger partial charge in [0.15, 0.2) is 0 Å². The molecule has 0 aromatic carbocycles. The quantitative estimate of drug-likeness (QED) is 0.667. The molecule has 2 unspecified atom stereocenters. The zero-order valence-corrected chi connectivity index (χ0v) is 8.32. The number of hydrogen-bond acceptors (Lipinski definition) is 2. The van der Waals surface area contributed by atoms with Crippen molar-refractivity contribution in [1.82, 2.24) is 4.98 Å². The Balaban J connectivity index is 2.43. The summed E-state index contributed by atoms with van der Waals surface area (Å²) in [6.45, 7) is 4.18. The van der Waals surface area contributed by atoms with E-state index in [1.807, 2.05) is 18.5 Å². The van der Waals surface area contributed by atoms with Crippen molar-refractivity contribution in [3.8, 4) is 0 Å². The van der Waals surface area contributed by atoms with Gasteiger partial charge in [0.25, 0.3) is 0 Å². The number of rotatable bonds is 3. The summed E-state index contributed by atoms with van der Waals surface area (Å²) >= 11 is 7.62. The first kappa shape index (κ1) is 9.01. The van der Waals surface area contributed by atoms with Crippen LogP contribution in [-0.2, 0) is 6.42 Å². The molecule has 0 aliphatic rings. The molecule has 1 nitrogen and oxygen atoms in total. The van der Waals surface area contributed by atoms with E-state index in [9.17, 15) is 0 Å². The second-order valence-electron chi connectivity index (χ2n) is 2.78. The van der Waals surface area contributed by atoms with Crippen molar-refractivity contribution in [2.75, 3.05) is 0 Å². The van der Waals surface area contributed by atoms with Gasteiger partial charge in [0, 0.05) is 23.4 Å². The smallest absolute Gasteiger partial charge is 0.0927 e. The van der Waals surface area contributed by atoms with Crippen LogP contribution in [0.5, 0.6) is 0 Å². The summed E-state index contributed by atoms with van der Waals surface area (Å²) in [5.74, 6) is 0.516. The molecule has 0 radical (unpaired) electrons. The van der Waals surface area contributed by atoms with Gasteiger partial charge in [0.2, 0.25) is 0 Å². The van der Waals surface area contributed by atoms with Crippen LogP contribution in [0, 0.1) is 5.92 Å². The number of halogens is 1. The summed E-state index contributed by atoms with van der Waals surface area (Å²) < 4.78 is 0. The molecule has 11 heavy (non-hydrogen) atoms. The summed E-state index contributed by atoms with van der Waals surface area (Å²) in [5.41, 5.74) is 0. The average Bonchev–Trinajstić information content (AvgIpc) is 2.39. The van der Waals surface area contributed by atoms with Crippen molar-refractivity contribution < 1.29 is 0 Å². The maximum Gasteiger partial charge on any atom is 0.0927 e. The van der Waals surface area contributed by atoms with Crippen LogP contribution in [0.3, 0.4) is 0 Å². The topological polar surface area (TPSA) is 12.9 Å². The highest BCUT2D eigenvalue weighted by Gasteiger charge is 2.10. The van der Waals surface area contributed by atoms with E-state index < -0.39 is 0 Å². The molecule has 1 aromatic heterocycles. The van der Waals surface area contributed by atoms with E-state index in [4.69, 9.17) is 11.6 Å². The molecule has 0 spiro atoms. The minimum absolute atomic E-state index is 0.235. The first-order chi connectivity index (χ1) is 5.20. The molecule has 1 heterocycles. The highest BCUT2D eigenvalue weighted by atomic mass is 35.5. The van der Waals surface area contributed by atoms with E-state index >= 15 is 0 Å². The normalized spacial score (nSPS) is 16.3. The highest BCUT2D eigenvalue weighted by molar-refractivity contribution is 7.09. The minimum atomic E-state index is 0.235. The lowest BCUT2D eigenvalue weighted by Gasteiger charge is -2.10. The van der Waals surface area contributed by atoms with Gasteiger partial charge < -0.3 is 0 Å². The molecule has 3 heteroatoms. The van der Waals surface area contributed by atoms with Gasteiger partial charge in [0.05, 0.1) is 5.01 Å². The van der Waals surface area contributed by atoms with Crippen LogP contribution in [0.25, 0.3) is 0 Å². The Kier molecular flexibility index (Phi) is 3.34. The van der Waals surface area contributed by atoms with Gasteiger partial charge in [-0.3, -0.25) is 0 Å². The Bertz CT molecular complexity index is 196. The summed E-state index contributed by atoms with van der Waals surface area (Å²) in [6, 6.07) is 0. The largest absolute Gasteiger partial charge is 0.250 e. The standard InChI is InChI=1S/C8H12ClNS/c1-6(7(2)9)5-8-10-3-4-11-8/h3-4,6-7H,5H2,1-2H3. The molecule has 0 saturated heterocycles. The van der Waals surface area contributed by atoms with Crippen LogP contribution in [-0.4, -0.2) is 10.4 Å². The number of nitrogens with zero attached hydrogens (tertiary/aromatic N) is 1. The number of alkyl halides is 1. The van der Waals surface area contributed by atoms with Gasteiger partial charge in [-0.1, -0.05) is 6.92 Å². The first-order valence-corrected chi connectivity index (χ1v) is 5.04. The van der Waals surface area contributed by atoms with Gasteiger partial charge in [0.1, 0.15) is 0 Å². The molecule has 1 rings (SSSR count). The van der Waals surface area contributed by atoms with Crippen molar-refractivity contribution in [1.29, 1.82) is 0 Å². The molecule has 2 atom stereocenters. The molecule has 1 aromatic rings. The Labute approximate surface area is 76.4 Å². The molecule has 0 aliphatic carbocycles. The minimum Gasteiger partial charge on any atom is -0.250 e. The zero-order valence-electron chi connectivity index (χ0n) is 6.75. The maximum atomic E-state index is 5.92. The first-order valence-electron chi connectivity index (χ1n) is 3.72. The van der Waals surface area contributed by atoms with Crippen molar-refractivity contribution >= 4 is 22.9 Å². The van der Waals surface area contributed by atoms with Crippen molar-refractivity contribution in [3.63, 3.8) is 0 Å². The molecule has 0 N–H and O–H groups in total. The summed E-state index contributed by atoms with van der Waals surface area (Å²) in [4.78, 5) is 4.20. The number of hydrogen-bond donors (Lipinski definition) is 0. The number of thiazole rings is 1. The lowest BCUT2D eigenvalue weighted by atomic mass is 10.1. The third kappa shape index (κ3) is 2.80. The third-order valence-corrected chi connectivity index (χ3v) is 3.00. The second-order valence-corrected chi connectivity index (χ2v) is 4.45. The Morgan fingerprint density at radius 2 is 2.36 bits per heavy atom. The van der Waals surface area contributed by atoms with E-state index in [0.717, 1.165) is 6.42 Å². The lowest BCUT2D eigenvalue weighted by Crippen LogP contribution is -2.09. The molecule has 0 saturated carbocycles. The van der Waals surface area contributed by atoms with Gasteiger partial charge in [-0.15, -0.1) is 22.9 Å². The summed E-state index contributed by atoms with van der Waals surface area (Å²) in [6.07, 6.45) is 2.84. The van der Waals surface area contributed by atoms with E-state index in [2.05, 4.69) is 11.9 Å². The zero-order chi connectivity index (χ0) is 8.27. The summed E-state index contributed by atoms with van der Waals surface area (Å²) in [7, 11) is 0. The maximum absolute atomic E-state index is 5.92. The predicted octanol–water partition coefficient (Wildman–Crippen LogP) is 2.95. The monoisotopic (exact) mass is 189 g/mol. The average molecular weight is 190 g/mol. The third-order valence-electron chi connectivity index (χ3n) is 1.76. The Morgan fingerprint density at radius 1 is 1.64 bits per heavy atom. The highest BCUT2D eigenvalue weighted by Crippen LogP contribution is 2.16. The van der Waals surface area contributed by atoms with Crippen LogP contribution < -0.4 is 0 Å². The van der Waals surface area contributed by atoms with Gasteiger partial charge in [-0.25, -0.2) is 4.98 Å². The van der Waals surface area contributed by atoms with E-state index in [1.165, 1.54) is 5.01 Å². The van der Waals surface area contributed by atoms with Crippen LogP contribution >= 0.6 is 22.9 Å². The SMILES string of the molecule is CC(Cl)C(C)Cc1nccs1. The molecule has 0 bridgehead atoms. The molecular formula is C8H12ClNS. The molecular weight excluding hydrogens is 178 g/mol. The molecule has 62 valence electrons. The fourth-order valence-electron chi connectivity index (χ4n) is 0.792. The molecule has 0 amide bonds. The summed E-state index contributed by atoms with van der Waals surface area (Å²) in [5, 5.41) is 3.42. The van der Waals surface area contributed by atoms with Gasteiger partial charge in [-0.05, 0) is 12.8 Å². The predicted molar refractivity (Wildman–Crippen MR) is 50.3 cm³/mol. The van der Waals surface area contributed by atoms with Gasteiger partial charge in [-0.2, -0.15) is 0 Å². The van der Waals surface area contributed by atoms with E-state index in [-0.39, 0.29) is 5.38 Å². The molecule has 0 aliphatic heterocycles. The van der Waals surface area contributed by atoms with Crippen LogP contribution in [0.2, 0.25) is 0 Å². The van der Waals surface area contributed by atoms with Crippen LogP contribution in [0.1, 0.15) is 18.9 Å². The lowest BCUT2D eigenvalue weighted by molar-refractivity contribution is 0.566. The fraction of sp³-hybridized carbons (Fsp3) is 0.625. The van der Waals surface area contributed by atoms with Crippen LogP contribution in [0.4, 0.5) is 0 Å². The second kappa shape index (κ2) is 4.07. The Morgan fingerprint density at radius 3 is 2.82 bits per heavy atom. The van der Waals surface area contributed by atoms with Crippen molar-refractivity contribution in [2.24, 2.45) is 5.92 Å². The fourth-order valence-corrected chi connectivity index (χ4v) is 1.64. The Hall–Kier alpha value is -0.0800. The number of aromatic nitrogens is 1. The van der Waals surface area contributed by atoms with Crippen molar-refractivity contribution in [2.45, 2.75) is 25.6 Å². The van der Waals surface area contributed by atoms with E-state index in [0.29, 0.717) is 5.92 Å². The van der Waals surface area contributed by atoms with Crippen LogP contribution in [0.15, 0.2) is 11.6 Å². The van der Waals surface area contributed by atoms with E-state index in [1.54, 1.807) is 11.3 Å². The molecule has 0 fully saturated rings.